The van der Waals surface area contributed by atoms with Crippen LogP contribution in [0.4, 0.5) is 0 Å². The van der Waals surface area contributed by atoms with E-state index in [1.54, 1.807) is 6.92 Å². The molecule has 58 valence electrons. The quantitative estimate of drug-likeness (QED) is 0.269. The molecule has 0 aromatic carbocycles. The van der Waals surface area contributed by atoms with Gasteiger partial charge in [-0.3, -0.25) is 0 Å². The molecule has 0 radical (unpaired) electrons. The first-order chi connectivity index (χ1) is 4.66. The Morgan fingerprint density at radius 3 is 2.10 bits per heavy atom. The SMILES string of the molecule is C=CC(=O)OC(=C)C.CCl. The Hall–Kier alpha value is -0.760. The standard InChI is InChI=1S/C6H8O2.CH3Cl/c1-4-6(7)8-5(2)3;1-2/h4H,1-2H2,3H3;1H3. The fourth-order valence-corrected chi connectivity index (χ4v) is 0.213. The minimum atomic E-state index is -0.461. The lowest BCUT2D eigenvalue weighted by molar-refractivity contribution is -0.133. The van der Waals surface area contributed by atoms with E-state index in [4.69, 9.17) is 0 Å². The van der Waals surface area contributed by atoms with Gasteiger partial charge in [-0.1, -0.05) is 13.2 Å². The molecule has 0 saturated heterocycles. The van der Waals surface area contributed by atoms with Crippen molar-refractivity contribution in [2.45, 2.75) is 6.92 Å². The third-order valence-electron chi connectivity index (χ3n) is 0.441. The van der Waals surface area contributed by atoms with Crippen LogP contribution in [0.2, 0.25) is 0 Å². The lowest BCUT2D eigenvalue weighted by Gasteiger charge is -1.94. The van der Waals surface area contributed by atoms with E-state index in [9.17, 15) is 4.79 Å². The molecule has 0 aliphatic rings. The highest BCUT2D eigenvalue weighted by atomic mass is 35.5. The minimum Gasteiger partial charge on any atom is -0.429 e. The van der Waals surface area contributed by atoms with Crippen molar-refractivity contribution in [2.24, 2.45) is 0 Å². The Labute approximate surface area is 66.1 Å². The van der Waals surface area contributed by atoms with Gasteiger partial charge < -0.3 is 4.74 Å². The van der Waals surface area contributed by atoms with Crippen LogP contribution >= 0.6 is 11.6 Å². The van der Waals surface area contributed by atoms with E-state index in [0.717, 1.165) is 6.08 Å². The number of hydrogen-bond acceptors (Lipinski definition) is 2. The van der Waals surface area contributed by atoms with E-state index in [0.29, 0.717) is 5.76 Å². The van der Waals surface area contributed by atoms with Crippen molar-refractivity contribution >= 4 is 17.6 Å². The molecular weight excluding hydrogens is 152 g/mol. The van der Waals surface area contributed by atoms with Gasteiger partial charge in [0, 0.05) is 12.5 Å². The maximum Gasteiger partial charge on any atom is 0.335 e. The predicted molar refractivity (Wildman–Crippen MR) is 42.9 cm³/mol. The first-order valence-electron chi connectivity index (χ1n) is 2.54. The van der Waals surface area contributed by atoms with Crippen molar-refractivity contribution in [1.29, 1.82) is 0 Å². The van der Waals surface area contributed by atoms with E-state index in [1.807, 2.05) is 0 Å². The number of esters is 1. The van der Waals surface area contributed by atoms with Gasteiger partial charge in [0.25, 0.3) is 0 Å². The summed E-state index contributed by atoms with van der Waals surface area (Å²) in [6.07, 6.45) is 2.56. The molecule has 0 aromatic heterocycles. The fraction of sp³-hybridized carbons (Fsp3) is 0.286. The second-order valence-electron chi connectivity index (χ2n) is 1.33. The molecule has 0 heterocycles. The zero-order valence-electron chi connectivity index (χ0n) is 6.19. The van der Waals surface area contributed by atoms with Crippen LogP contribution in [-0.4, -0.2) is 12.4 Å². The molecule has 3 heteroatoms. The number of carbonyl (C=O) groups excluding carboxylic acids is 1. The molecule has 2 nitrogen and oxygen atoms in total. The van der Waals surface area contributed by atoms with Crippen LogP contribution in [0.3, 0.4) is 0 Å². The van der Waals surface area contributed by atoms with Gasteiger partial charge in [0.15, 0.2) is 0 Å². The molecule has 10 heavy (non-hydrogen) atoms. The topological polar surface area (TPSA) is 26.3 Å². The lowest BCUT2D eigenvalue weighted by atomic mass is 10.6. The van der Waals surface area contributed by atoms with Crippen LogP contribution < -0.4 is 0 Å². The van der Waals surface area contributed by atoms with E-state index in [-0.39, 0.29) is 0 Å². The summed E-state index contributed by atoms with van der Waals surface area (Å²) in [7, 11) is 0. The molecule has 0 aromatic rings. The van der Waals surface area contributed by atoms with Crippen molar-refractivity contribution in [3.8, 4) is 0 Å². The smallest absolute Gasteiger partial charge is 0.335 e. The molecule has 0 rings (SSSR count). The van der Waals surface area contributed by atoms with Crippen LogP contribution in [-0.2, 0) is 9.53 Å². The van der Waals surface area contributed by atoms with E-state index in [2.05, 4.69) is 29.5 Å². The van der Waals surface area contributed by atoms with Crippen molar-refractivity contribution in [1.82, 2.24) is 0 Å². The Morgan fingerprint density at radius 1 is 1.60 bits per heavy atom. The largest absolute Gasteiger partial charge is 0.429 e. The van der Waals surface area contributed by atoms with Gasteiger partial charge in [-0.05, 0) is 6.92 Å². The number of rotatable bonds is 2. The molecule has 0 amide bonds. The van der Waals surface area contributed by atoms with Gasteiger partial charge in [-0.15, -0.1) is 11.6 Å². The summed E-state index contributed by atoms with van der Waals surface area (Å²) in [5, 5.41) is 0. The monoisotopic (exact) mass is 162 g/mol. The highest BCUT2D eigenvalue weighted by Gasteiger charge is 1.91. The Kier molecular flexibility index (Phi) is 9.86. The summed E-state index contributed by atoms with van der Waals surface area (Å²) in [4.78, 5) is 10.2. The third kappa shape index (κ3) is 10.3. The lowest BCUT2D eigenvalue weighted by Crippen LogP contribution is -1.95. The molecule has 0 spiro atoms. The van der Waals surface area contributed by atoms with E-state index in [1.165, 1.54) is 6.38 Å². The maximum atomic E-state index is 10.2. The Morgan fingerprint density at radius 2 is 2.00 bits per heavy atom. The van der Waals surface area contributed by atoms with Gasteiger partial charge in [0.05, 0.1) is 5.76 Å². The zero-order valence-corrected chi connectivity index (χ0v) is 6.94. The summed E-state index contributed by atoms with van der Waals surface area (Å²) in [5.41, 5.74) is 0. The van der Waals surface area contributed by atoms with Crippen molar-refractivity contribution < 1.29 is 9.53 Å². The first kappa shape index (κ1) is 12.0. The molecule has 0 unspecified atom stereocenters. The highest BCUT2D eigenvalue weighted by Crippen LogP contribution is 1.89. The summed E-state index contributed by atoms with van der Waals surface area (Å²) in [5.74, 6) is -0.0765. The first-order valence-corrected chi connectivity index (χ1v) is 3.30. The van der Waals surface area contributed by atoms with Crippen LogP contribution in [0.25, 0.3) is 0 Å². The summed E-state index contributed by atoms with van der Waals surface area (Å²) >= 11 is 4.64. The second-order valence-corrected chi connectivity index (χ2v) is 1.33. The summed E-state index contributed by atoms with van der Waals surface area (Å²) in [6.45, 7) is 8.15. The molecule has 0 bridgehead atoms. The fourth-order valence-electron chi connectivity index (χ4n) is 0.213. The highest BCUT2D eigenvalue weighted by molar-refractivity contribution is 6.15. The van der Waals surface area contributed by atoms with Crippen molar-refractivity contribution in [3.05, 3.63) is 25.0 Å². The minimum absolute atomic E-state index is 0.384. The predicted octanol–water partition coefficient (Wildman–Crippen LogP) is 2.10. The molecule has 0 fully saturated rings. The maximum absolute atomic E-state index is 10.2. The third-order valence-corrected chi connectivity index (χ3v) is 0.441. The van der Waals surface area contributed by atoms with Crippen LogP contribution in [0, 0.1) is 0 Å². The number of carbonyl (C=O) groups is 1. The molecule has 0 saturated carbocycles. The van der Waals surface area contributed by atoms with Crippen LogP contribution in [0.5, 0.6) is 0 Å². The van der Waals surface area contributed by atoms with Crippen molar-refractivity contribution in [2.75, 3.05) is 6.38 Å². The van der Waals surface area contributed by atoms with Crippen molar-refractivity contribution in [3.63, 3.8) is 0 Å². The molecular formula is C7H11ClO2. The normalized spacial score (nSPS) is 6.70. The molecule has 0 aliphatic carbocycles. The van der Waals surface area contributed by atoms with Gasteiger partial charge in [-0.2, -0.15) is 0 Å². The van der Waals surface area contributed by atoms with E-state index >= 15 is 0 Å². The second kappa shape index (κ2) is 8.24. The van der Waals surface area contributed by atoms with Gasteiger partial charge in [-0.25, -0.2) is 4.79 Å². The number of hydrogen-bond donors (Lipinski definition) is 0. The zero-order chi connectivity index (χ0) is 8.57. The average molecular weight is 163 g/mol. The number of halogens is 1. The molecule has 0 N–H and O–H groups in total. The number of ether oxygens (including phenoxy) is 1. The van der Waals surface area contributed by atoms with Crippen LogP contribution in [0.15, 0.2) is 25.0 Å². The van der Waals surface area contributed by atoms with Crippen LogP contribution in [0.1, 0.15) is 6.92 Å². The molecule has 0 atom stereocenters. The average Bonchev–Trinajstić information content (AvgIpc) is 1.91. The summed E-state index contributed by atoms with van der Waals surface area (Å²) in [6, 6.07) is 0. The van der Waals surface area contributed by atoms with Gasteiger partial charge in [0.2, 0.25) is 0 Å². The Balaban J connectivity index is 0. The van der Waals surface area contributed by atoms with Gasteiger partial charge in [0.1, 0.15) is 0 Å². The van der Waals surface area contributed by atoms with Gasteiger partial charge >= 0.3 is 5.97 Å². The number of allylic oxidation sites excluding steroid dienone is 1. The molecule has 0 aliphatic heterocycles. The van der Waals surface area contributed by atoms with E-state index < -0.39 is 5.97 Å². The Bertz CT molecular complexity index is 130. The number of alkyl halides is 1. The summed E-state index contributed by atoms with van der Waals surface area (Å²) < 4.78 is 4.45.